The number of aliphatic imine (C=N–C) groups is 2. The number of nitrogens with zero attached hydrogens (tertiary/aromatic N) is 2. The summed E-state index contributed by atoms with van der Waals surface area (Å²) in [4.78, 5) is 158. The van der Waals surface area contributed by atoms with E-state index in [-0.39, 0.29) is 119 Å². The molecule has 11 amide bonds. The third-order valence-electron chi connectivity index (χ3n) is 12.5. The van der Waals surface area contributed by atoms with Crippen molar-refractivity contribution in [1.29, 1.82) is 0 Å². The Morgan fingerprint density at radius 3 is 1.89 bits per heavy atom. The lowest BCUT2D eigenvalue weighted by Crippen LogP contribution is -2.59. The molecule has 21 N–H and O–H groups in total. The number of amides is 11. The molecule has 32 heteroatoms. The minimum absolute atomic E-state index is 0.0293. The lowest BCUT2D eigenvalue weighted by Gasteiger charge is -2.28. The molecule has 1 saturated heterocycles. The van der Waals surface area contributed by atoms with Gasteiger partial charge in [0.25, 0.3) is 0 Å². The molecule has 0 spiro atoms. The molecule has 0 aliphatic carbocycles. The predicted octanol–water partition coefficient (Wildman–Crippen LogP) is -3.32. The zero-order valence-corrected chi connectivity index (χ0v) is 51.0. The summed E-state index contributed by atoms with van der Waals surface area (Å²) < 4.78 is 0. The zero-order chi connectivity index (χ0) is 62.9. The maximum Gasteiger partial charge on any atom is 0.244 e. The monoisotopic (exact) mass is 1240 g/mol. The van der Waals surface area contributed by atoms with E-state index in [4.69, 9.17) is 28.7 Å². The van der Waals surface area contributed by atoms with Crippen LogP contribution in [0.3, 0.4) is 0 Å². The van der Waals surface area contributed by atoms with Gasteiger partial charge in [-0.05, 0) is 92.9 Å². The Morgan fingerprint density at radius 2 is 1.29 bits per heavy atom. The molecule has 1 heterocycles. The fourth-order valence-electron chi connectivity index (χ4n) is 8.10. The van der Waals surface area contributed by atoms with Crippen molar-refractivity contribution in [2.24, 2.45) is 50.5 Å². The number of hydrogen-bond donors (Lipinski definition) is 16. The second-order valence-electron chi connectivity index (χ2n) is 20.6. The number of nitrogens with two attached hydrogens (primary N) is 5. The Bertz CT molecular complexity index is 2430. The van der Waals surface area contributed by atoms with Crippen LogP contribution < -0.4 is 81.8 Å². The number of guanidine groups is 2. The van der Waals surface area contributed by atoms with Crippen molar-refractivity contribution >= 4 is 110 Å². The Kier molecular flexibility index (Phi) is 34.1. The van der Waals surface area contributed by atoms with Gasteiger partial charge in [0, 0.05) is 50.9 Å². The number of primary amides is 1. The minimum atomic E-state index is -1.38. The van der Waals surface area contributed by atoms with E-state index in [2.05, 4.69) is 63.2 Å². The average Bonchev–Trinajstić information content (AvgIpc) is 3.46. The molecule has 0 bridgehead atoms. The van der Waals surface area contributed by atoms with Gasteiger partial charge in [-0.25, -0.2) is 0 Å². The number of aromatic hydroxyl groups is 1. The van der Waals surface area contributed by atoms with E-state index in [1.165, 1.54) is 30.8 Å². The quantitative estimate of drug-likeness (QED) is 0.0263. The highest BCUT2D eigenvalue weighted by Crippen LogP contribution is 2.24. The fraction of sp³-hybridized carbons (Fsp3) is 0.635. The van der Waals surface area contributed by atoms with Crippen LogP contribution in [0.25, 0.3) is 0 Å². The number of hydrogen-bond acceptors (Lipinski definition) is 17. The van der Waals surface area contributed by atoms with Crippen LogP contribution in [0.1, 0.15) is 98.0 Å². The Hall–Kier alpha value is -7.22. The van der Waals surface area contributed by atoms with E-state index in [9.17, 15) is 57.8 Å². The van der Waals surface area contributed by atoms with Crippen molar-refractivity contribution in [2.75, 3.05) is 49.7 Å². The number of phenols is 1. The first kappa shape index (κ1) is 72.9. The van der Waals surface area contributed by atoms with E-state index in [1.807, 2.05) is 0 Å². The summed E-state index contributed by atoms with van der Waals surface area (Å²) in [6.45, 7) is 7.69. The molecule has 1 aromatic rings. The van der Waals surface area contributed by atoms with Crippen LogP contribution >= 0.6 is 33.3 Å². The molecular formula is C52H87N17O12S3. The number of phenolic OH excluding ortho intramolecular Hbond substituents is 1. The number of carbonyl (C=O) groups is 11. The fourth-order valence-corrected chi connectivity index (χ4v) is 10.9. The van der Waals surface area contributed by atoms with Gasteiger partial charge in [-0.2, -0.15) is 11.8 Å². The van der Waals surface area contributed by atoms with E-state index >= 15 is 0 Å². The second-order valence-corrected chi connectivity index (χ2v) is 24.1. The second kappa shape index (κ2) is 39.3. The van der Waals surface area contributed by atoms with Gasteiger partial charge >= 0.3 is 0 Å². The van der Waals surface area contributed by atoms with Crippen LogP contribution in [0.5, 0.6) is 5.75 Å². The Morgan fingerprint density at radius 1 is 0.690 bits per heavy atom. The topological polar surface area (TPSA) is 483 Å². The molecule has 8 atom stereocenters. The maximum absolute atomic E-state index is 14.3. The highest BCUT2D eigenvalue weighted by atomic mass is 33.1. The van der Waals surface area contributed by atoms with Crippen LogP contribution in [0.4, 0.5) is 0 Å². The smallest absolute Gasteiger partial charge is 0.244 e. The molecular weight excluding hydrogens is 1150 g/mol. The number of carbonyl (C=O) groups excluding carboxylic acids is 11. The van der Waals surface area contributed by atoms with Gasteiger partial charge in [-0.1, -0.05) is 61.4 Å². The van der Waals surface area contributed by atoms with Gasteiger partial charge in [-0.15, -0.1) is 0 Å². The van der Waals surface area contributed by atoms with Crippen LogP contribution in [-0.2, 0) is 59.2 Å². The van der Waals surface area contributed by atoms with E-state index < -0.39 is 126 Å². The summed E-state index contributed by atoms with van der Waals surface area (Å²) in [6.07, 6.45) is 2.75. The van der Waals surface area contributed by atoms with Crippen molar-refractivity contribution < 1.29 is 57.8 Å². The van der Waals surface area contributed by atoms with E-state index in [0.717, 1.165) is 21.6 Å². The average molecular weight is 1240 g/mol. The highest BCUT2D eigenvalue weighted by molar-refractivity contribution is 8.76. The van der Waals surface area contributed by atoms with Gasteiger partial charge in [-0.3, -0.25) is 62.7 Å². The molecule has 470 valence electrons. The van der Waals surface area contributed by atoms with Gasteiger partial charge in [0.2, 0.25) is 65.0 Å². The first-order valence-corrected chi connectivity index (χ1v) is 31.4. The molecule has 0 saturated carbocycles. The predicted molar refractivity (Wildman–Crippen MR) is 324 cm³/mol. The molecule has 1 aliphatic rings. The van der Waals surface area contributed by atoms with Gasteiger partial charge in [0.1, 0.15) is 54.1 Å². The molecule has 1 aromatic carbocycles. The summed E-state index contributed by atoms with van der Waals surface area (Å²) in [5, 5.41) is 36.5. The van der Waals surface area contributed by atoms with Crippen LogP contribution in [0.2, 0.25) is 0 Å². The van der Waals surface area contributed by atoms with Crippen LogP contribution in [0, 0.1) is 11.8 Å². The van der Waals surface area contributed by atoms with Crippen molar-refractivity contribution in [3.8, 4) is 5.75 Å². The van der Waals surface area contributed by atoms with Crippen molar-refractivity contribution in [3.63, 3.8) is 0 Å². The van der Waals surface area contributed by atoms with Gasteiger partial charge < -0.3 is 86.9 Å². The highest BCUT2D eigenvalue weighted by Gasteiger charge is 2.34. The summed E-state index contributed by atoms with van der Waals surface area (Å²) in [7, 11) is 2.08. The number of nitrogens with one attached hydrogen (secondary N) is 10. The normalized spacial score (nSPS) is 22.3. The Labute approximate surface area is 502 Å². The number of benzene rings is 1. The van der Waals surface area contributed by atoms with Crippen LogP contribution in [-0.4, -0.2) is 180 Å². The number of thioether (sulfide) groups is 1. The van der Waals surface area contributed by atoms with Gasteiger partial charge in [0.05, 0.1) is 6.54 Å². The minimum Gasteiger partial charge on any atom is -0.508 e. The number of rotatable bonds is 20. The molecule has 1 aliphatic heterocycles. The third kappa shape index (κ3) is 29.8. The third-order valence-corrected chi connectivity index (χ3v) is 15.6. The van der Waals surface area contributed by atoms with Crippen molar-refractivity contribution in [2.45, 2.75) is 147 Å². The first-order valence-electron chi connectivity index (χ1n) is 27.5. The summed E-state index contributed by atoms with van der Waals surface area (Å²) in [6, 6.07) is -4.05. The molecule has 0 radical (unpaired) electrons. The zero-order valence-electron chi connectivity index (χ0n) is 48.5. The molecule has 8 unspecified atom stereocenters. The molecule has 2 rings (SSSR count). The molecule has 0 aromatic heterocycles. The first-order chi connectivity index (χ1) is 39.7. The summed E-state index contributed by atoms with van der Waals surface area (Å²) in [5.74, 6) is -9.13. The Balaban J connectivity index is 2.64. The van der Waals surface area contributed by atoms with Crippen molar-refractivity contribution in [3.05, 3.63) is 29.8 Å². The lowest BCUT2D eigenvalue weighted by molar-refractivity contribution is -0.135. The van der Waals surface area contributed by atoms with E-state index in [0.29, 0.717) is 11.3 Å². The molecule has 1 fully saturated rings. The van der Waals surface area contributed by atoms with Crippen molar-refractivity contribution in [1.82, 2.24) is 53.2 Å². The largest absolute Gasteiger partial charge is 0.508 e. The van der Waals surface area contributed by atoms with Gasteiger partial charge in [0.15, 0.2) is 11.9 Å². The molecule has 84 heavy (non-hydrogen) atoms. The van der Waals surface area contributed by atoms with E-state index in [1.54, 1.807) is 46.1 Å². The van der Waals surface area contributed by atoms with Crippen LogP contribution in [0.15, 0.2) is 34.3 Å². The molecule has 29 nitrogen and oxygen atoms in total. The summed E-state index contributed by atoms with van der Waals surface area (Å²) in [5.41, 5.74) is 28.2. The SMILES string of the molecule is CSCCC1NC(=O)C(NC(=O)C(CCCN=C(N)N)NC(C)=O)CSSCC(C(N)=O)NC(=O)CCCCNC(=O)C(Cc2ccc(O)cc2)NC(=O)C(C(C)C)NC(=O)C(CCCN=C(N)N)NC(=O)CNC(=O)C(CC(C)C)NC1=O. The standard InChI is InChI=1S/C52H87N17O12S3/c1-28(2)23-36-45(76)61-25-41(73)63-34(12-10-21-60-52(56)57)48(79)69-42(29(3)4)50(81)67-37(24-31-14-16-32(71)17-15-31)44(75)58-19-8-7-13-40(72)64-38(43(53)74)26-83-84-27-39(49(80)65-35(18-22-82-6)47(78)66-36)68-46(77)33(62-30(5)70)11-9-20-59-51(54)55/h14-17,28-29,33-39,42,71H,7-13,18-27H2,1-6H3,(H2,53,74)(H,58,75)(H,61,76)(H,62,70)(H,63,73)(H,64,72)(H,65,80)(H,66,78)(H,67,81)(H,68,77)(H,69,79)(H4,54,55,59)(H4,56,57,60). The maximum atomic E-state index is 14.3. The summed E-state index contributed by atoms with van der Waals surface area (Å²) >= 11 is 1.37. The lowest BCUT2D eigenvalue weighted by atomic mass is 10.00.